The number of aliphatic hydroxyl groups excluding tert-OH is 1. The minimum atomic E-state index is -0.198. The van der Waals surface area contributed by atoms with Crippen LogP contribution in [0.3, 0.4) is 0 Å². The summed E-state index contributed by atoms with van der Waals surface area (Å²) in [6.07, 6.45) is 2.05. The van der Waals surface area contributed by atoms with E-state index < -0.39 is 0 Å². The Balaban J connectivity index is 2.20. The first kappa shape index (κ1) is 7.35. The quantitative estimate of drug-likeness (QED) is 0.569. The molecule has 1 heteroatoms. The number of hydrogen-bond acceptors (Lipinski definition) is 1. The van der Waals surface area contributed by atoms with Crippen molar-refractivity contribution in [2.75, 3.05) is 0 Å². The molecular formula is C10H16O. The van der Waals surface area contributed by atoms with Gasteiger partial charge in [0.25, 0.3) is 0 Å². The van der Waals surface area contributed by atoms with Gasteiger partial charge in [0.2, 0.25) is 0 Å². The highest BCUT2D eigenvalue weighted by Gasteiger charge is 2.63. The van der Waals surface area contributed by atoms with Gasteiger partial charge in [-0.25, -0.2) is 0 Å². The van der Waals surface area contributed by atoms with Crippen molar-refractivity contribution in [1.29, 1.82) is 0 Å². The fraction of sp³-hybridized carbons (Fsp3) is 0.800. The second-order valence-electron chi connectivity index (χ2n) is 4.44. The fourth-order valence-corrected chi connectivity index (χ4v) is 2.64. The first-order valence-electron chi connectivity index (χ1n) is 4.44. The molecule has 0 saturated heterocycles. The lowest BCUT2D eigenvalue weighted by Gasteiger charge is -2.16. The van der Waals surface area contributed by atoms with E-state index in [-0.39, 0.29) is 6.10 Å². The van der Waals surface area contributed by atoms with Crippen LogP contribution in [0, 0.1) is 17.3 Å². The Morgan fingerprint density at radius 1 is 1.55 bits per heavy atom. The summed E-state index contributed by atoms with van der Waals surface area (Å²) in [5.74, 6) is 1.36. The van der Waals surface area contributed by atoms with E-state index >= 15 is 0 Å². The smallest absolute Gasteiger partial charge is 0.0756 e. The Bertz CT molecular complexity index is 207. The Morgan fingerprint density at radius 2 is 2.18 bits per heavy atom. The van der Waals surface area contributed by atoms with Crippen LogP contribution in [-0.4, -0.2) is 11.2 Å². The molecule has 0 unspecified atom stereocenters. The van der Waals surface area contributed by atoms with Gasteiger partial charge in [-0.2, -0.15) is 0 Å². The summed E-state index contributed by atoms with van der Waals surface area (Å²) in [5, 5.41) is 9.51. The highest BCUT2D eigenvalue weighted by molar-refractivity contribution is 5.30. The molecule has 0 spiro atoms. The van der Waals surface area contributed by atoms with Crippen molar-refractivity contribution in [2.45, 2.75) is 32.8 Å². The zero-order valence-electron chi connectivity index (χ0n) is 7.30. The molecule has 1 N–H and O–H groups in total. The van der Waals surface area contributed by atoms with Crippen molar-refractivity contribution in [3.8, 4) is 0 Å². The highest BCUT2D eigenvalue weighted by Crippen LogP contribution is 2.69. The molecule has 62 valence electrons. The van der Waals surface area contributed by atoms with Crippen molar-refractivity contribution in [1.82, 2.24) is 0 Å². The van der Waals surface area contributed by atoms with Gasteiger partial charge in [0.15, 0.2) is 0 Å². The third kappa shape index (κ3) is 0.750. The molecule has 0 aliphatic heterocycles. The van der Waals surface area contributed by atoms with E-state index in [9.17, 15) is 5.11 Å². The first-order chi connectivity index (χ1) is 5.08. The molecular weight excluding hydrogens is 136 g/mol. The van der Waals surface area contributed by atoms with E-state index in [1.807, 2.05) is 0 Å². The molecule has 0 aromatic heterocycles. The maximum atomic E-state index is 9.51. The molecule has 0 aromatic rings. The fourth-order valence-electron chi connectivity index (χ4n) is 2.64. The highest BCUT2D eigenvalue weighted by atomic mass is 16.3. The van der Waals surface area contributed by atoms with Crippen LogP contribution in [-0.2, 0) is 0 Å². The summed E-state index contributed by atoms with van der Waals surface area (Å²) in [6.45, 7) is 8.45. The number of aliphatic hydroxyl groups is 1. The second kappa shape index (κ2) is 1.89. The molecule has 2 aliphatic rings. The summed E-state index contributed by atoms with van der Waals surface area (Å²) in [7, 11) is 0. The van der Waals surface area contributed by atoms with Gasteiger partial charge in [-0.05, 0) is 35.7 Å². The molecule has 0 bridgehead atoms. The zero-order chi connectivity index (χ0) is 8.22. The van der Waals surface area contributed by atoms with Crippen molar-refractivity contribution in [2.24, 2.45) is 17.3 Å². The molecule has 2 rings (SSSR count). The third-order valence-electron chi connectivity index (χ3n) is 3.72. The van der Waals surface area contributed by atoms with Gasteiger partial charge in [0, 0.05) is 0 Å². The van der Waals surface area contributed by atoms with Gasteiger partial charge in [-0.1, -0.05) is 20.4 Å². The van der Waals surface area contributed by atoms with Gasteiger partial charge in [0.05, 0.1) is 6.10 Å². The van der Waals surface area contributed by atoms with Gasteiger partial charge in [0.1, 0.15) is 0 Å². The van der Waals surface area contributed by atoms with E-state index in [2.05, 4.69) is 20.4 Å². The lowest BCUT2D eigenvalue weighted by atomic mass is 9.89. The lowest BCUT2D eigenvalue weighted by Crippen LogP contribution is -2.12. The lowest BCUT2D eigenvalue weighted by molar-refractivity contribution is 0.176. The molecule has 3 atom stereocenters. The molecule has 2 aliphatic carbocycles. The largest absolute Gasteiger partial charge is 0.389 e. The summed E-state index contributed by atoms with van der Waals surface area (Å²) in [6, 6.07) is 0. The minimum absolute atomic E-state index is 0.198. The molecule has 0 aromatic carbocycles. The average Bonchev–Trinajstić information content (AvgIpc) is 2.57. The first-order valence-corrected chi connectivity index (χ1v) is 4.44. The van der Waals surface area contributed by atoms with Crippen LogP contribution in [0.25, 0.3) is 0 Å². The number of fused-ring (bicyclic) bond motifs is 1. The Kier molecular flexibility index (Phi) is 1.26. The van der Waals surface area contributed by atoms with Crippen LogP contribution >= 0.6 is 0 Å². The van der Waals surface area contributed by atoms with Crippen molar-refractivity contribution in [3.63, 3.8) is 0 Å². The Morgan fingerprint density at radius 3 is 2.45 bits per heavy atom. The third-order valence-corrected chi connectivity index (χ3v) is 3.72. The van der Waals surface area contributed by atoms with Gasteiger partial charge >= 0.3 is 0 Å². The summed E-state index contributed by atoms with van der Waals surface area (Å²) >= 11 is 0. The topological polar surface area (TPSA) is 20.2 Å². The van der Waals surface area contributed by atoms with Crippen LogP contribution in [0.5, 0.6) is 0 Å². The molecule has 2 fully saturated rings. The summed E-state index contributed by atoms with van der Waals surface area (Å²) < 4.78 is 0. The molecule has 2 saturated carbocycles. The van der Waals surface area contributed by atoms with E-state index in [0.717, 1.165) is 12.0 Å². The SMILES string of the molecule is C=C1[C@H](O)C[C@@]2(C(C)C)C[C@H]12. The van der Waals surface area contributed by atoms with Crippen LogP contribution < -0.4 is 0 Å². The number of hydrogen-bond donors (Lipinski definition) is 1. The maximum Gasteiger partial charge on any atom is 0.0756 e. The summed E-state index contributed by atoms with van der Waals surface area (Å²) in [5.41, 5.74) is 1.55. The number of rotatable bonds is 1. The van der Waals surface area contributed by atoms with E-state index in [1.165, 1.54) is 6.42 Å². The van der Waals surface area contributed by atoms with Crippen LogP contribution in [0.1, 0.15) is 26.7 Å². The zero-order valence-corrected chi connectivity index (χ0v) is 7.30. The molecule has 0 radical (unpaired) electrons. The van der Waals surface area contributed by atoms with Crippen LogP contribution in [0.15, 0.2) is 12.2 Å². The average molecular weight is 152 g/mol. The minimum Gasteiger partial charge on any atom is -0.389 e. The van der Waals surface area contributed by atoms with E-state index in [4.69, 9.17) is 0 Å². The molecule has 0 heterocycles. The maximum absolute atomic E-state index is 9.51. The standard InChI is InChI=1S/C10H16O/c1-6(2)10-4-8(10)7(3)9(11)5-10/h6,8-9,11H,3-5H2,1-2H3/t8-,9-,10-/m1/s1. The van der Waals surface area contributed by atoms with E-state index in [1.54, 1.807) is 0 Å². The Labute approximate surface area is 68.1 Å². The van der Waals surface area contributed by atoms with Crippen molar-refractivity contribution < 1.29 is 5.11 Å². The van der Waals surface area contributed by atoms with Crippen LogP contribution in [0.2, 0.25) is 0 Å². The Hall–Kier alpha value is -0.300. The van der Waals surface area contributed by atoms with Gasteiger partial charge in [-0.15, -0.1) is 0 Å². The molecule has 1 nitrogen and oxygen atoms in total. The predicted octanol–water partition coefficient (Wildman–Crippen LogP) is 1.97. The van der Waals surface area contributed by atoms with E-state index in [0.29, 0.717) is 17.3 Å². The van der Waals surface area contributed by atoms with Crippen molar-refractivity contribution in [3.05, 3.63) is 12.2 Å². The molecule has 11 heavy (non-hydrogen) atoms. The predicted molar refractivity (Wildman–Crippen MR) is 45.1 cm³/mol. The van der Waals surface area contributed by atoms with Crippen LogP contribution in [0.4, 0.5) is 0 Å². The van der Waals surface area contributed by atoms with Gasteiger partial charge in [-0.3, -0.25) is 0 Å². The van der Waals surface area contributed by atoms with Crippen molar-refractivity contribution >= 4 is 0 Å². The van der Waals surface area contributed by atoms with Gasteiger partial charge < -0.3 is 5.11 Å². The second-order valence-corrected chi connectivity index (χ2v) is 4.44. The molecule has 0 amide bonds. The normalized spacial score (nSPS) is 48.2. The monoisotopic (exact) mass is 152 g/mol. The summed E-state index contributed by atoms with van der Waals surface area (Å²) in [4.78, 5) is 0.